The van der Waals surface area contributed by atoms with Gasteiger partial charge in [0.05, 0.1) is 0 Å². The molecule has 1 aromatic rings. The number of benzene rings is 1. The van der Waals surface area contributed by atoms with Crippen molar-refractivity contribution in [3.05, 3.63) is 45.3 Å². The Hall–Kier alpha value is -1.45. The Morgan fingerprint density at radius 3 is 2.77 bits per heavy atom. The van der Waals surface area contributed by atoms with Crippen molar-refractivity contribution in [1.29, 1.82) is 0 Å². The van der Waals surface area contributed by atoms with Gasteiger partial charge in [0.25, 0.3) is 0 Å². The van der Waals surface area contributed by atoms with Gasteiger partial charge in [0, 0.05) is 11.3 Å². The Bertz CT molecular complexity index is 325. The van der Waals surface area contributed by atoms with Gasteiger partial charge >= 0.3 is 0 Å². The standard InChI is InChI=1S/C9H10FNO2/c1-7-2-3-8(9(10)6-7)4-5-11(12)13/h2-3,6H,4-5H2,1H3. The molecule has 0 spiro atoms. The Morgan fingerprint density at radius 1 is 1.54 bits per heavy atom. The molecule has 0 amide bonds. The number of nitro groups is 1. The summed E-state index contributed by atoms with van der Waals surface area (Å²) >= 11 is 0. The highest BCUT2D eigenvalue weighted by molar-refractivity contribution is 5.23. The third kappa shape index (κ3) is 2.82. The first kappa shape index (κ1) is 9.64. The van der Waals surface area contributed by atoms with Crippen molar-refractivity contribution >= 4 is 0 Å². The van der Waals surface area contributed by atoms with Crippen molar-refractivity contribution in [3.63, 3.8) is 0 Å². The maximum Gasteiger partial charge on any atom is 0.208 e. The number of halogens is 1. The summed E-state index contributed by atoms with van der Waals surface area (Å²) in [5, 5.41) is 10.0. The van der Waals surface area contributed by atoms with Gasteiger partial charge in [-0.1, -0.05) is 12.1 Å². The molecular weight excluding hydrogens is 173 g/mol. The lowest BCUT2D eigenvalue weighted by atomic mass is 10.1. The number of aryl methyl sites for hydroxylation is 1. The molecule has 0 aromatic heterocycles. The summed E-state index contributed by atoms with van der Waals surface area (Å²) in [6, 6.07) is 4.72. The van der Waals surface area contributed by atoms with Crippen LogP contribution >= 0.6 is 0 Å². The van der Waals surface area contributed by atoms with E-state index < -0.39 is 4.92 Å². The summed E-state index contributed by atoms with van der Waals surface area (Å²) in [5.41, 5.74) is 1.23. The maximum atomic E-state index is 13.1. The molecule has 0 saturated carbocycles. The summed E-state index contributed by atoms with van der Waals surface area (Å²) in [5.74, 6) is -0.359. The first-order chi connectivity index (χ1) is 6.09. The van der Waals surface area contributed by atoms with Gasteiger partial charge in [-0.3, -0.25) is 10.1 Å². The highest BCUT2D eigenvalue weighted by atomic mass is 19.1. The second-order valence-electron chi connectivity index (χ2n) is 2.90. The molecule has 0 atom stereocenters. The van der Waals surface area contributed by atoms with Crippen LogP contribution in [0.2, 0.25) is 0 Å². The fourth-order valence-electron chi connectivity index (χ4n) is 1.07. The van der Waals surface area contributed by atoms with Gasteiger partial charge in [0.15, 0.2) is 0 Å². The van der Waals surface area contributed by atoms with E-state index in [0.29, 0.717) is 5.56 Å². The van der Waals surface area contributed by atoms with Crippen molar-refractivity contribution in [2.75, 3.05) is 6.54 Å². The molecule has 0 radical (unpaired) electrons. The number of hydrogen-bond donors (Lipinski definition) is 0. The van der Waals surface area contributed by atoms with Crippen molar-refractivity contribution in [1.82, 2.24) is 0 Å². The summed E-state index contributed by atoms with van der Waals surface area (Å²) < 4.78 is 13.1. The van der Waals surface area contributed by atoms with Crippen molar-refractivity contribution < 1.29 is 9.31 Å². The molecule has 0 unspecified atom stereocenters. The average molecular weight is 183 g/mol. The number of rotatable bonds is 3. The molecule has 3 nitrogen and oxygen atoms in total. The molecule has 0 heterocycles. The summed E-state index contributed by atoms with van der Waals surface area (Å²) in [6.07, 6.45) is 0.152. The molecule has 1 rings (SSSR count). The molecule has 0 saturated heterocycles. The van der Waals surface area contributed by atoms with Crippen LogP contribution in [0.1, 0.15) is 11.1 Å². The van der Waals surface area contributed by atoms with Crippen LogP contribution in [0.15, 0.2) is 18.2 Å². The van der Waals surface area contributed by atoms with Crippen LogP contribution < -0.4 is 0 Å². The molecule has 70 valence electrons. The van der Waals surface area contributed by atoms with E-state index in [9.17, 15) is 14.5 Å². The van der Waals surface area contributed by atoms with Crippen LogP contribution in [0.3, 0.4) is 0 Å². The predicted octanol–water partition coefficient (Wildman–Crippen LogP) is 1.95. The van der Waals surface area contributed by atoms with Crippen LogP contribution in [-0.2, 0) is 6.42 Å². The number of hydrogen-bond acceptors (Lipinski definition) is 2. The summed E-state index contributed by atoms with van der Waals surface area (Å²) in [7, 11) is 0. The van der Waals surface area contributed by atoms with E-state index in [1.807, 2.05) is 0 Å². The van der Waals surface area contributed by atoms with Crippen LogP contribution in [0, 0.1) is 22.9 Å². The van der Waals surface area contributed by atoms with Gasteiger partial charge < -0.3 is 0 Å². The third-order valence-corrected chi connectivity index (χ3v) is 1.77. The van der Waals surface area contributed by atoms with Crippen LogP contribution in [0.5, 0.6) is 0 Å². The maximum absolute atomic E-state index is 13.1. The quantitative estimate of drug-likeness (QED) is 0.531. The fraction of sp³-hybridized carbons (Fsp3) is 0.333. The second-order valence-corrected chi connectivity index (χ2v) is 2.90. The second kappa shape index (κ2) is 3.98. The zero-order valence-corrected chi connectivity index (χ0v) is 7.29. The van der Waals surface area contributed by atoms with Crippen LogP contribution in [0.4, 0.5) is 4.39 Å². The highest BCUT2D eigenvalue weighted by Crippen LogP contribution is 2.10. The average Bonchev–Trinajstić information content (AvgIpc) is 2.02. The lowest BCUT2D eigenvalue weighted by Crippen LogP contribution is -2.05. The van der Waals surface area contributed by atoms with Gasteiger partial charge in [-0.05, 0) is 24.1 Å². The monoisotopic (exact) mass is 183 g/mol. The SMILES string of the molecule is Cc1ccc(CC[N+](=O)[O-])c(F)c1. The van der Waals surface area contributed by atoms with E-state index in [-0.39, 0.29) is 18.8 Å². The van der Waals surface area contributed by atoms with E-state index in [1.54, 1.807) is 19.1 Å². The Morgan fingerprint density at radius 2 is 2.23 bits per heavy atom. The van der Waals surface area contributed by atoms with E-state index in [0.717, 1.165) is 5.56 Å². The van der Waals surface area contributed by atoms with Crippen molar-refractivity contribution in [2.24, 2.45) is 0 Å². The normalized spacial score (nSPS) is 10.0. The van der Waals surface area contributed by atoms with Crippen LogP contribution in [-0.4, -0.2) is 11.5 Å². The predicted molar refractivity (Wildman–Crippen MR) is 46.7 cm³/mol. The first-order valence-electron chi connectivity index (χ1n) is 3.96. The lowest BCUT2D eigenvalue weighted by molar-refractivity contribution is -0.479. The lowest BCUT2D eigenvalue weighted by Gasteiger charge is -2.00. The fourth-order valence-corrected chi connectivity index (χ4v) is 1.07. The highest BCUT2D eigenvalue weighted by Gasteiger charge is 2.05. The first-order valence-corrected chi connectivity index (χ1v) is 3.96. The minimum absolute atomic E-state index is 0.152. The molecule has 0 aliphatic carbocycles. The molecule has 0 aliphatic rings. The molecule has 0 fully saturated rings. The smallest absolute Gasteiger partial charge is 0.208 e. The van der Waals surface area contributed by atoms with Crippen LogP contribution in [0.25, 0.3) is 0 Å². The molecular formula is C9H10FNO2. The van der Waals surface area contributed by atoms with Gasteiger partial charge in [-0.25, -0.2) is 4.39 Å². The Labute approximate surface area is 75.3 Å². The Balaban J connectivity index is 2.72. The van der Waals surface area contributed by atoms with Gasteiger partial charge in [0.2, 0.25) is 6.54 Å². The summed E-state index contributed by atoms with van der Waals surface area (Å²) in [4.78, 5) is 9.59. The molecule has 0 bridgehead atoms. The molecule has 13 heavy (non-hydrogen) atoms. The van der Waals surface area contributed by atoms with Gasteiger partial charge in [-0.15, -0.1) is 0 Å². The van der Waals surface area contributed by atoms with Gasteiger partial charge in [-0.2, -0.15) is 0 Å². The zero-order valence-electron chi connectivity index (χ0n) is 7.29. The van der Waals surface area contributed by atoms with E-state index in [4.69, 9.17) is 0 Å². The molecule has 0 N–H and O–H groups in total. The third-order valence-electron chi connectivity index (χ3n) is 1.77. The van der Waals surface area contributed by atoms with Crippen molar-refractivity contribution in [3.8, 4) is 0 Å². The molecule has 4 heteroatoms. The molecule has 1 aromatic carbocycles. The molecule has 0 aliphatic heterocycles. The minimum atomic E-state index is -0.445. The summed E-state index contributed by atoms with van der Waals surface area (Å²) in [6.45, 7) is 1.56. The number of nitrogens with zero attached hydrogens (tertiary/aromatic N) is 1. The van der Waals surface area contributed by atoms with E-state index in [1.165, 1.54) is 6.07 Å². The topological polar surface area (TPSA) is 43.1 Å². The van der Waals surface area contributed by atoms with Gasteiger partial charge in [0.1, 0.15) is 5.82 Å². The largest absolute Gasteiger partial charge is 0.265 e. The van der Waals surface area contributed by atoms with E-state index in [2.05, 4.69) is 0 Å². The Kier molecular flexibility index (Phi) is 2.95. The minimum Gasteiger partial charge on any atom is -0.265 e. The van der Waals surface area contributed by atoms with Crippen molar-refractivity contribution in [2.45, 2.75) is 13.3 Å². The van der Waals surface area contributed by atoms with E-state index >= 15 is 0 Å². The zero-order chi connectivity index (χ0) is 9.84.